The molecule has 0 saturated heterocycles. The standard InChI is InChI=1S/C16H18FNOS/c1-11(18-2)12-7-8-16(15(17)9-12)20-14-6-4-5-13(10-14)19-3/h4-11,18H,1-3H3. The average Bonchev–Trinajstić information content (AvgIpc) is 2.48. The second-order valence-electron chi connectivity index (χ2n) is 4.48. The summed E-state index contributed by atoms with van der Waals surface area (Å²) in [5.41, 5.74) is 0.944. The van der Waals surface area contributed by atoms with Crippen LogP contribution in [0.4, 0.5) is 4.39 Å². The highest BCUT2D eigenvalue weighted by Crippen LogP contribution is 2.32. The summed E-state index contributed by atoms with van der Waals surface area (Å²) in [6, 6.07) is 13.1. The minimum Gasteiger partial charge on any atom is -0.497 e. The molecule has 2 rings (SSSR count). The minimum atomic E-state index is -0.197. The van der Waals surface area contributed by atoms with E-state index in [0.29, 0.717) is 4.90 Å². The molecule has 2 aromatic rings. The van der Waals surface area contributed by atoms with Crippen molar-refractivity contribution >= 4 is 11.8 Å². The summed E-state index contributed by atoms with van der Waals surface area (Å²) in [6.07, 6.45) is 0. The van der Waals surface area contributed by atoms with Gasteiger partial charge in [0.2, 0.25) is 0 Å². The summed E-state index contributed by atoms with van der Waals surface area (Å²) in [7, 11) is 3.49. The summed E-state index contributed by atoms with van der Waals surface area (Å²) < 4.78 is 19.3. The SMILES string of the molecule is CNC(C)c1ccc(Sc2cccc(OC)c2)c(F)c1. The van der Waals surface area contributed by atoms with Crippen LogP contribution in [-0.2, 0) is 0 Å². The van der Waals surface area contributed by atoms with Crippen LogP contribution < -0.4 is 10.1 Å². The van der Waals surface area contributed by atoms with E-state index in [1.165, 1.54) is 11.8 Å². The van der Waals surface area contributed by atoms with Crippen LogP contribution in [0.1, 0.15) is 18.5 Å². The van der Waals surface area contributed by atoms with Gasteiger partial charge in [0.1, 0.15) is 11.6 Å². The van der Waals surface area contributed by atoms with Crippen LogP contribution in [0, 0.1) is 5.82 Å². The lowest BCUT2D eigenvalue weighted by molar-refractivity contribution is 0.413. The Bertz CT molecular complexity index is 588. The molecule has 1 N–H and O–H groups in total. The number of hydrogen-bond donors (Lipinski definition) is 1. The van der Waals surface area contributed by atoms with Gasteiger partial charge in [-0.15, -0.1) is 0 Å². The van der Waals surface area contributed by atoms with Crippen LogP contribution in [-0.4, -0.2) is 14.2 Å². The van der Waals surface area contributed by atoms with Crippen LogP contribution in [0.5, 0.6) is 5.75 Å². The number of methoxy groups -OCH3 is 1. The Labute approximate surface area is 123 Å². The molecule has 0 saturated carbocycles. The maximum atomic E-state index is 14.1. The van der Waals surface area contributed by atoms with Gasteiger partial charge < -0.3 is 10.1 Å². The molecule has 0 aliphatic carbocycles. The highest BCUT2D eigenvalue weighted by molar-refractivity contribution is 7.99. The topological polar surface area (TPSA) is 21.3 Å². The second-order valence-corrected chi connectivity index (χ2v) is 5.60. The predicted octanol–water partition coefficient (Wildman–Crippen LogP) is 4.27. The zero-order valence-electron chi connectivity index (χ0n) is 11.8. The molecule has 0 radical (unpaired) electrons. The van der Waals surface area contributed by atoms with Crippen LogP contribution in [0.2, 0.25) is 0 Å². The van der Waals surface area contributed by atoms with E-state index in [9.17, 15) is 4.39 Å². The molecule has 0 aromatic heterocycles. The van der Waals surface area contributed by atoms with Gasteiger partial charge in [-0.25, -0.2) is 4.39 Å². The fourth-order valence-corrected chi connectivity index (χ4v) is 2.70. The van der Waals surface area contributed by atoms with Crippen molar-refractivity contribution in [3.05, 3.63) is 53.8 Å². The third-order valence-corrected chi connectivity index (χ3v) is 4.20. The summed E-state index contributed by atoms with van der Waals surface area (Å²) >= 11 is 1.40. The van der Waals surface area contributed by atoms with Gasteiger partial charge in [-0.3, -0.25) is 0 Å². The summed E-state index contributed by atoms with van der Waals surface area (Å²) in [5.74, 6) is 0.577. The number of benzene rings is 2. The molecule has 1 unspecified atom stereocenters. The highest BCUT2D eigenvalue weighted by Gasteiger charge is 2.09. The van der Waals surface area contributed by atoms with E-state index >= 15 is 0 Å². The summed E-state index contributed by atoms with van der Waals surface area (Å²) in [5, 5.41) is 3.10. The quantitative estimate of drug-likeness (QED) is 0.889. The van der Waals surface area contributed by atoms with Crippen molar-refractivity contribution in [1.29, 1.82) is 0 Å². The van der Waals surface area contributed by atoms with Crippen LogP contribution in [0.3, 0.4) is 0 Å². The predicted molar refractivity (Wildman–Crippen MR) is 81.0 cm³/mol. The monoisotopic (exact) mass is 291 g/mol. The lowest BCUT2D eigenvalue weighted by Crippen LogP contribution is -2.12. The summed E-state index contributed by atoms with van der Waals surface area (Å²) in [4.78, 5) is 1.57. The lowest BCUT2D eigenvalue weighted by atomic mass is 10.1. The van der Waals surface area contributed by atoms with Crippen molar-refractivity contribution in [2.45, 2.75) is 22.8 Å². The first-order valence-electron chi connectivity index (χ1n) is 6.42. The molecule has 2 aromatic carbocycles. The van der Waals surface area contributed by atoms with Crippen molar-refractivity contribution in [2.24, 2.45) is 0 Å². The van der Waals surface area contributed by atoms with Gasteiger partial charge in [0, 0.05) is 15.8 Å². The fraction of sp³-hybridized carbons (Fsp3) is 0.250. The van der Waals surface area contributed by atoms with Gasteiger partial charge >= 0.3 is 0 Å². The Morgan fingerprint density at radius 3 is 2.65 bits per heavy atom. The molecule has 2 nitrogen and oxygen atoms in total. The smallest absolute Gasteiger partial charge is 0.137 e. The first-order valence-corrected chi connectivity index (χ1v) is 7.24. The lowest BCUT2D eigenvalue weighted by Gasteiger charge is -2.12. The number of nitrogens with one attached hydrogen (secondary N) is 1. The van der Waals surface area contributed by atoms with E-state index in [4.69, 9.17) is 4.74 Å². The molecule has 4 heteroatoms. The fourth-order valence-electron chi connectivity index (χ4n) is 1.83. The number of halogens is 1. The van der Waals surface area contributed by atoms with E-state index in [-0.39, 0.29) is 11.9 Å². The van der Waals surface area contributed by atoms with Crippen LogP contribution >= 0.6 is 11.8 Å². The normalized spacial score (nSPS) is 12.2. The van der Waals surface area contributed by atoms with E-state index in [2.05, 4.69) is 5.32 Å². The average molecular weight is 291 g/mol. The first-order chi connectivity index (χ1) is 9.63. The van der Waals surface area contributed by atoms with Gasteiger partial charge in [-0.05, 0) is 49.9 Å². The van der Waals surface area contributed by atoms with Crippen molar-refractivity contribution in [3.63, 3.8) is 0 Å². The molecule has 0 bridgehead atoms. The molecule has 0 spiro atoms. The van der Waals surface area contributed by atoms with Crippen molar-refractivity contribution in [3.8, 4) is 5.75 Å². The third kappa shape index (κ3) is 3.52. The number of rotatable bonds is 5. The Hall–Kier alpha value is -1.52. The van der Waals surface area contributed by atoms with Gasteiger partial charge in [0.25, 0.3) is 0 Å². The Kier molecular flexibility index (Phi) is 5.04. The summed E-state index contributed by atoms with van der Waals surface area (Å²) in [6.45, 7) is 2.00. The van der Waals surface area contributed by atoms with Crippen molar-refractivity contribution < 1.29 is 9.13 Å². The van der Waals surface area contributed by atoms with Crippen molar-refractivity contribution in [2.75, 3.05) is 14.2 Å². The van der Waals surface area contributed by atoms with E-state index < -0.39 is 0 Å². The molecule has 0 amide bonds. The van der Waals surface area contributed by atoms with E-state index in [0.717, 1.165) is 16.2 Å². The molecule has 106 valence electrons. The molecule has 1 atom stereocenters. The van der Waals surface area contributed by atoms with Gasteiger partial charge in [0.05, 0.1) is 7.11 Å². The molecular formula is C16H18FNOS. The zero-order valence-corrected chi connectivity index (χ0v) is 12.6. The van der Waals surface area contributed by atoms with E-state index in [1.807, 2.05) is 50.4 Å². The Morgan fingerprint density at radius 1 is 1.20 bits per heavy atom. The van der Waals surface area contributed by atoms with Crippen LogP contribution in [0.15, 0.2) is 52.3 Å². The molecule has 0 fully saturated rings. The third-order valence-electron chi connectivity index (χ3n) is 3.16. The maximum absolute atomic E-state index is 14.1. The minimum absolute atomic E-state index is 0.139. The number of hydrogen-bond acceptors (Lipinski definition) is 3. The molecule has 0 aliphatic heterocycles. The molecule has 0 heterocycles. The Balaban J connectivity index is 2.21. The molecular weight excluding hydrogens is 273 g/mol. The molecule has 20 heavy (non-hydrogen) atoms. The van der Waals surface area contributed by atoms with Gasteiger partial charge in [-0.1, -0.05) is 23.9 Å². The second kappa shape index (κ2) is 6.77. The van der Waals surface area contributed by atoms with Gasteiger partial charge in [-0.2, -0.15) is 0 Å². The first kappa shape index (κ1) is 14.9. The van der Waals surface area contributed by atoms with Crippen molar-refractivity contribution in [1.82, 2.24) is 5.32 Å². The molecule has 0 aliphatic rings. The highest BCUT2D eigenvalue weighted by atomic mass is 32.2. The zero-order chi connectivity index (χ0) is 14.5. The van der Waals surface area contributed by atoms with E-state index in [1.54, 1.807) is 13.2 Å². The maximum Gasteiger partial charge on any atom is 0.137 e. The number of ether oxygens (including phenoxy) is 1. The largest absolute Gasteiger partial charge is 0.497 e. The van der Waals surface area contributed by atoms with Crippen LogP contribution in [0.25, 0.3) is 0 Å². The Morgan fingerprint density at radius 2 is 2.00 bits per heavy atom. The van der Waals surface area contributed by atoms with Gasteiger partial charge in [0.15, 0.2) is 0 Å².